The number of nitrogens with zero attached hydrogens (tertiary/aromatic N) is 1. The fourth-order valence-corrected chi connectivity index (χ4v) is 9.03. The minimum Gasteiger partial charge on any atom is -0.387 e. The van der Waals surface area contributed by atoms with Crippen LogP contribution in [0.4, 0.5) is 0 Å². The molecule has 0 radical (unpaired) electrons. The van der Waals surface area contributed by atoms with Gasteiger partial charge in [-0.05, 0) is 83.5 Å². The van der Waals surface area contributed by atoms with E-state index < -0.39 is 20.0 Å². The highest BCUT2D eigenvalue weighted by atomic mass is 31.2. The van der Waals surface area contributed by atoms with Crippen molar-refractivity contribution >= 4 is 13.7 Å². The molecule has 0 aromatic rings. The zero-order chi connectivity index (χ0) is 54.2. The second kappa shape index (κ2) is 54.9. The van der Waals surface area contributed by atoms with Crippen molar-refractivity contribution in [3.8, 4) is 0 Å². The zero-order valence-electron chi connectivity index (χ0n) is 48.5. The molecule has 8 nitrogen and oxygen atoms in total. The first kappa shape index (κ1) is 71.2. The quantitative estimate of drug-likeness (QED) is 0.0243. The van der Waals surface area contributed by atoms with Crippen LogP contribution in [-0.2, 0) is 18.4 Å². The Hall–Kier alpha value is -2.84. The highest BCUT2D eigenvalue weighted by Gasteiger charge is 2.27. The molecule has 0 spiro atoms. The van der Waals surface area contributed by atoms with Crippen LogP contribution in [0.2, 0.25) is 0 Å². The number of aliphatic hydroxyl groups excluding tert-OH is 1. The number of carbonyl (C=O) groups excluding carboxylic acids is 1. The Balaban J connectivity index is 4.27. The number of phosphoric ester groups is 1. The van der Waals surface area contributed by atoms with Crippen LogP contribution in [-0.4, -0.2) is 73.4 Å². The van der Waals surface area contributed by atoms with Gasteiger partial charge in [0.2, 0.25) is 5.91 Å². The molecule has 3 N–H and O–H groups in total. The Bertz CT molecular complexity index is 1570. The molecule has 3 atom stereocenters. The average Bonchev–Trinajstić information content (AvgIpc) is 3.36. The van der Waals surface area contributed by atoms with E-state index in [9.17, 15) is 19.4 Å². The van der Waals surface area contributed by atoms with Crippen molar-refractivity contribution in [2.45, 2.75) is 257 Å². The Morgan fingerprint density at radius 3 is 1.19 bits per heavy atom. The lowest BCUT2D eigenvalue weighted by molar-refractivity contribution is -0.870. The van der Waals surface area contributed by atoms with Gasteiger partial charge >= 0.3 is 7.82 Å². The van der Waals surface area contributed by atoms with Gasteiger partial charge in [0.1, 0.15) is 13.2 Å². The smallest absolute Gasteiger partial charge is 0.387 e. The van der Waals surface area contributed by atoms with E-state index in [0.717, 1.165) is 103 Å². The van der Waals surface area contributed by atoms with E-state index in [1.807, 2.05) is 27.2 Å². The van der Waals surface area contributed by atoms with Crippen molar-refractivity contribution in [2.24, 2.45) is 0 Å². The molecule has 0 fully saturated rings. The molecule has 0 saturated carbocycles. The third-order valence-corrected chi connectivity index (χ3v) is 14.0. The lowest BCUT2D eigenvalue weighted by Crippen LogP contribution is -2.45. The molecule has 426 valence electrons. The maximum Gasteiger partial charge on any atom is 0.472 e. The first-order valence-corrected chi connectivity index (χ1v) is 31.8. The molecule has 0 heterocycles. The van der Waals surface area contributed by atoms with Gasteiger partial charge in [-0.2, -0.15) is 0 Å². The predicted octanol–water partition coefficient (Wildman–Crippen LogP) is 18.8. The van der Waals surface area contributed by atoms with Crippen molar-refractivity contribution in [3.63, 3.8) is 0 Å². The van der Waals surface area contributed by atoms with E-state index in [1.165, 1.54) is 122 Å². The third kappa shape index (κ3) is 56.9. The summed E-state index contributed by atoms with van der Waals surface area (Å²) in [5.74, 6) is -0.194. The van der Waals surface area contributed by atoms with Gasteiger partial charge in [0, 0.05) is 6.42 Å². The maximum atomic E-state index is 13.0. The van der Waals surface area contributed by atoms with E-state index >= 15 is 0 Å². The van der Waals surface area contributed by atoms with Gasteiger partial charge in [-0.25, -0.2) is 4.57 Å². The van der Waals surface area contributed by atoms with Gasteiger partial charge in [0.05, 0.1) is 39.9 Å². The molecule has 3 unspecified atom stereocenters. The number of carbonyl (C=O) groups is 1. The van der Waals surface area contributed by atoms with Crippen LogP contribution < -0.4 is 5.32 Å². The summed E-state index contributed by atoms with van der Waals surface area (Å²) in [7, 11) is 1.55. The Labute approximate surface area is 457 Å². The van der Waals surface area contributed by atoms with E-state index in [-0.39, 0.29) is 19.1 Å². The van der Waals surface area contributed by atoms with Crippen molar-refractivity contribution in [1.82, 2.24) is 5.32 Å². The maximum absolute atomic E-state index is 13.0. The van der Waals surface area contributed by atoms with Crippen molar-refractivity contribution in [3.05, 3.63) is 109 Å². The van der Waals surface area contributed by atoms with Crippen LogP contribution in [0.25, 0.3) is 0 Å². The summed E-state index contributed by atoms with van der Waals surface area (Å²) in [4.78, 5) is 23.3. The number of amides is 1. The van der Waals surface area contributed by atoms with Crippen LogP contribution in [0.3, 0.4) is 0 Å². The van der Waals surface area contributed by atoms with Crippen molar-refractivity contribution in [2.75, 3.05) is 40.9 Å². The number of rotatable bonds is 54. The van der Waals surface area contributed by atoms with E-state index in [0.29, 0.717) is 17.4 Å². The summed E-state index contributed by atoms with van der Waals surface area (Å²) in [5, 5.41) is 13.9. The number of allylic oxidation sites excluding steroid dienone is 17. The molecule has 0 aliphatic carbocycles. The molecule has 0 aliphatic heterocycles. The zero-order valence-corrected chi connectivity index (χ0v) is 49.4. The van der Waals surface area contributed by atoms with Gasteiger partial charge < -0.3 is 19.8 Å². The Morgan fingerprint density at radius 2 is 0.811 bits per heavy atom. The van der Waals surface area contributed by atoms with Gasteiger partial charge in [0.25, 0.3) is 0 Å². The summed E-state index contributed by atoms with van der Waals surface area (Å²) in [5.41, 5.74) is 0. The highest BCUT2D eigenvalue weighted by Crippen LogP contribution is 2.43. The summed E-state index contributed by atoms with van der Waals surface area (Å²) in [6, 6.07) is -0.863. The number of hydrogen-bond acceptors (Lipinski definition) is 5. The number of quaternary nitrogens is 1. The van der Waals surface area contributed by atoms with Crippen LogP contribution in [0, 0.1) is 0 Å². The monoisotopic (exact) mass is 1050 g/mol. The van der Waals surface area contributed by atoms with E-state index in [4.69, 9.17) is 9.05 Å². The minimum atomic E-state index is -4.36. The molecule has 1 amide bonds. The van der Waals surface area contributed by atoms with Gasteiger partial charge in [-0.3, -0.25) is 13.8 Å². The second-order valence-electron chi connectivity index (χ2n) is 21.3. The number of aliphatic hydroxyl groups is 1. The summed E-state index contributed by atoms with van der Waals surface area (Å²) in [6.45, 7) is 4.70. The van der Waals surface area contributed by atoms with E-state index in [2.05, 4.69) is 116 Å². The molecule has 9 heteroatoms. The molecular weight excluding hydrogens is 936 g/mol. The number of unbranched alkanes of at least 4 members (excludes halogenated alkanes) is 25. The molecular formula is C65H116N2O6P+. The van der Waals surface area contributed by atoms with E-state index in [1.54, 1.807) is 6.08 Å². The minimum absolute atomic E-state index is 0.0529. The van der Waals surface area contributed by atoms with Crippen LogP contribution in [0.15, 0.2) is 109 Å². The summed E-state index contributed by atoms with van der Waals surface area (Å²) < 4.78 is 23.7. The second-order valence-corrected chi connectivity index (χ2v) is 22.8. The lowest BCUT2D eigenvalue weighted by Gasteiger charge is -2.25. The number of hydrogen-bond donors (Lipinski definition) is 3. The van der Waals surface area contributed by atoms with Crippen molar-refractivity contribution < 1.29 is 32.9 Å². The molecule has 74 heavy (non-hydrogen) atoms. The summed E-state index contributed by atoms with van der Waals surface area (Å²) in [6.07, 6.45) is 80.4. The van der Waals surface area contributed by atoms with Crippen molar-refractivity contribution in [1.29, 1.82) is 0 Å². The predicted molar refractivity (Wildman–Crippen MR) is 322 cm³/mol. The third-order valence-electron chi connectivity index (χ3n) is 13.0. The molecule has 0 saturated heterocycles. The fourth-order valence-electron chi connectivity index (χ4n) is 8.29. The standard InChI is InChI=1S/C65H115N2O6P/c1-6-8-10-12-14-16-18-20-22-24-26-28-29-30-31-32-33-34-35-36-37-39-41-43-45-47-49-51-53-55-57-59-65(69)66-63(62-73-74(70,71)72-61-60-67(3,4)5)64(68)58-56-54-52-50-48-46-44-42-40-38-27-25-23-21-19-17-15-13-11-9-7-2/h8,10,14,16,20,22,26,28,30-31,33-34,36-37,41,43,56,58,63-64,68H,6-7,9,11-13,15,17-19,21,23-25,27,29,32,35,38-40,42,44-55,57,59-62H2,1-5H3,(H-,66,69,70,71)/p+1/b10-8-,16-14-,22-20-,28-26-,31-30-,34-33-,37-36-,43-41-,58-56+. The number of likely N-dealkylation sites (N-methyl/N-ethyl adjacent to an activating group) is 1. The topological polar surface area (TPSA) is 105 Å². The highest BCUT2D eigenvalue weighted by molar-refractivity contribution is 7.47. The molecule has 0 rings (SSSR count). The molecule has 0 aromatic heterocycles. The normalized spacial score (nSPS) is 14.6. The fraction of sp³-hybridized carbons (Fsp3) is 0.708. The molecule has 0 aliphatic rings. The lowest BCUT2D eigenvalue weighted by atomic mass is 10.0. The summed E-state index contributed by atoms with van der Waals surface area (Å²) >= 11 is 0. The van der Waals surface area contributed by atoms with Gasteiger partial charge in [0.15, 0.2) is 0 Å². The van der Waals surface area contributed by atoms with Crippen LogP contribution in [0.1, 0.15) is 245 Å². The Morgan fingerprint density at radius 1 is 0.473 bits per heavy atom. The number of nitrogens with one attached hydrogen (secondary N) is 1. The first-order chi connectivity index (χ1) is 36.0. The Kier molecular flexibility index (Phi) is 52.8. The first-order valence-electron chi connectivity index (χ1n) is 30.3. The molecule has 0 aromatic carbocycles. The largest absolute Gasteiger partial charge is 0.472 e. The molecule has 0 bridgehead atoms. The SMILES string of the molecule is CC/C=C\C/C=C\C/C=C\C/C=C\C/C=C\C/C=C\C/C=C\C/C=C\CCCCCCCCC(=O)NC(COP(=O)(O)OCC[N+](C)(C)C)C(O)/C=C/CCCCCCCCCCCCCCCCCCCCC. The number of phosphoric acid groups is 1. The van der Waals surface area contributed by atoms with Gasteiger partial charge in [-0.1, -0.05) is 264 Å². The average molecular weight is 1050 g/mol. The van der Waals surface area contributed by atoms with Gasteiger partial charge in [-0.15, -0.1) is 0 Å². The van der Waals surface area contributed by atoms with Crippen LogP contribution in [0.5, 0.6) is 0 Å². The van der Waals surface area contributed by atoms with Crippen LogP contribution >= 0.6 is 7.82 Å².